The number of urea groups is 1. The molecule has 0 aliphatic heterocycles. The number of rotatable bonds is 7. The monoisotopic (exact) mass is 290 g/mol. The van der Waals surface area contributed by atoms with Crippen LogP contribution >= 0.6 is 11.8 Å². The van der Waals surface area contributed by atoms with E-state index in [0.717, 1.165) is 20.0 Å². The van der Waals surface area contributed by atoms with Gasteiger partial charge in [-0.05, 0) is 19.1 Å². The van der Waals surface area contributed by atoms with Gasteiger partial charge in [-0.3, -0.25) is 4.79 Å². The molecule has 0 aromatic rings. The number of nitrogens with one attached hydrogen (secondary N) is 2. The van der Waals surface area contributed by atoms with Crippen LogP contribution in [0.5, 0.6) is 0 Å². The second-order valence-electron chi connectivity index (χ2n) is 4.39. The highest BCUT2D eigenvalue weighted by Gasteiger charge is 2.42. The molecule has 0 heterocycles. The number of thioether (sulfide) groups is 1. The van der Waals surface area contributed by atoms with E-state index in [1.807, 2.05) is 6.26 Å². The molecule has 0 unspecified atom stereocenters. The Morgan fingerprint density at radius 2 is 2.05 bits per heavy atom. The smallest absolute Gasteiger partial charge is 0.326 e. The molecule has 1 rings (SSSR count). The number of esters is 1. The van der Waals surface area contributed by atoms with Gasteiger partial charge in [0.25, 0.3) is 0 Å². The van der Waals surface area contributed by atoms with Gasteiger partial charge in [0.2, 0.25) is 0 Å². The minimum Gasteiger partial charge on any atom is -0.480 e. The van der Waals surface area contributed by atoms with Crippen LogP contribution in [0.2, 0.25) is 0 Å². The standard InChI is InChI=1S/C11H18N2O5S/c1-18-8(14)5-7(9(15)16)13-10(17)12-6-11(19-2)3-4-11/h7H,3-6H2,1-2H3,(H,15,16)(H2,12,13,17)/t7-/m0/s1. The van der Waals surface area contributed by atoms with Gasteiger partial charge in [0.15, 0.2) is 0 Å². The van der Waals surface area contributed by atoms with E-state index >= 15 is 0 Å². The Balaban J connectivity index is 2.38. The molecule has 0 radical (unpaired) electrons. The van der Waals surface area contributed by atoms with Crippen LogP contribution in [-0.2, 0) is 14.3 Å². The predicted octanol–water partition coefficient (Wildman–Crippen LogP) is 0.198. The molecule has 1 aliphatic carbocycles. The third-order valence-corrected chi connectivity index (χ3v) is 4.43. The van der Waals surface area contributed by atoms with E-state index in [4.69, 9.17) is 5.11 Å². The molecule has 3 N–H and O–H groups in total. The van der Waals surface area contributed by atoms with Crippen molar-refractivity contribution in [3.63, 3.8) is 0 Å². The number of carbonyl (C=O) groups excluding carboxylic acids is 2. The topological polar surface area (TPSA) is 105 Å². The fraction of sp³-hybridized carbons (Fsp3) is 0.727. The van der Waals surface area contributed by atoms with Crippen LogP contribution in [0.25, 0.3) is 0 Å². The molecule has 7 nitrogen and oxygen atoms in total. The van der Waals surface area contributed by atoms with Crippen LogP contribution in [0.15, 0.2) is 0 Å². The van der Waals surface area contributed by atoms with Gasteiger partial charge in [0.05, 0.1) is 13.5 Å². The molecule has 0 aromatic heterocycles. The number of ether oxygens (including phenoxy) is 1. The SMILES string of the molecule is COC(=O)C[C@H](NC(=O)NCC1(SC)CC1)C(=O)O. The lowest BCUT2D eigenvalue weighted by Gasteiger charge is -2.16. The third-order valence-electron chi connectivity index (χ3n) is 3.01. The fourth-order valence-electron chi connectivity index (χ4n) is 1.49. The molecule has 1 fully saturated rings. The number of carboxylic acid groups (broad SMARTS) is 1. The van der Waals surface area contributed by atoms with Crippen molar-refractivity contribution in [1.29, 1.82) is 0 Å². The molecule has 1 atom stereocenters. The minimum absolute atomic E-state index is 0.0956. The van der Waals surface area contributed by atoms with E-state index in [-0.39, 0.29) is 4.75 Å². The maximum Gasteiger partial charge on any atom is 0.326 e. The Hall–Kier alpha value is -1.44. The van der Waals surface area contributed by atoms with Crippen LogP contribution in [0.3, 0.4) is 0 Å². The molecule has 19 heavy (non-hydrogen) atoms. The summed E-state index contributed by atoms with van der Waals surface area (Å²) in [5, 5.41) is 13.8. The highest BCUT2D eigenvalue weighted by molar-refractivity contribution is 8.00. The van der Waals surface area contributed by atoms with Gasteiger partial charge in [0, 0.05) is 11.3 Å². The van der Waals surface area contributed by atoms with E-state index in [2.05, 4.69) is 15.4 Å². The lowest BCUT2D eigenvalue weighted by atomic mass is 10.2. The normalized spacial score (nSPS) is 17.2. The quantitative estimate of drug-likeness (QED) is 0.578. The Labute approximate surface area is 115 Å². The van der Waals surface area contributed by atoms with E-state index in [9.17, 15) is 14.4 Å². The zero-order valence-corrected chi connectivity index (χ0v) is 11.7. The van der Waals surface area contributed by atoms with Gasteiger partial charge in [-0.15, -0.1) is 0 Å². The fourth-order valence-corrected chi connectivity index (χ4v) is 2.22. The molecule has 0 saturated heterocycles. The van der Waals surface area contributed by atoms with Gasteiger partial charge in [-0.1, -0.05) is 0 Å². The van der Waals surface area contributed by atoms with Gasteiger partial charge < -0.3 is 20.5 Å². The number of carbonyl (C=O) groups is 3. The zero-order valence-electron chi connectivity index (χ0n) is 10.9. The summed E-state index contributed by atoms with van der Waals surface area (Å²) >= 11 is 1.69. The molecule has 8 heteroatoms. The van der Waals surface area contributed by atoms with Crippen LogP contribution in [0.1, 0.15) is 19.3 Å². The van der Waals surface area contributed by atoms with E-state index in [1.54, 1.807) is 11.8 Å². The molecular formula is C11H18N2O5S. The Bertz CT molecular complexity index is 370. The van der Waals surface area contributed by atoms with E-state index < -0.39 is 30.4 Å². The molecule has 1 aliphatic rings. The van der Waals surface area contributed by atoms with Crippen molar-refractivity contribution in [3.8, 4) is 0 Å². The van der Waals surface area contributed by atoms with Crippen molar-refractivity contribution in [3.05, 3.63) is 0 Å². The Morgan fingerprint density at radius 1 is 1.42 bits per heavy atom. The van der Waals surface area contributed by atoms with Crippen LogP contribution in [0.4, 0.5) is 4.79 Å². The summed E-state index contributed by atoms with van der Waals surface area (Å²) in [4.78, 5) is 33.5. The number of carboxylic acids is 1. The predicted molar refractivity (Wildman–Crippen MR) is 70.1 cm³/mol. The summed E-state index contributed by atoms with van der Waals surface area (Å²) < 4.78 is 4.47. The van der Waals surface area contributed by atoms with Gasteiger partial charge >= 0.3 is 18.0 Å². The average Bonchev–Trinajstić information content (AvgIpc) is 3.16. The first-order chi connectivity index (χ1) is 8.92. The molecule has 1 saturated carbocycles. The largest absolute Gasteiger partial charge is 0.480 e. The number of amides is 2. The summed E-state index contributed by atoms with van der Waals surface area (Å²) in [5.41, 5.74) is 0. The molecule has 108 valence electrons. The second-order valence-corrected chi connectivity index (χ2v) is 5.66. The lowest BCUT2D eigenvalue weighted by molar-refractivity contribution is -0.147. The van der Waals surface area contributed by atoms with Crippen molar-refractivity contribution >= 4 is 29.7 Å². The molecule has 0 aromatic carbocycles. The lowest BCUT2D eigenvalue weighted by Crippen LogP contribution is -2.48. The van der Waals surface area contributed by atoms with Crippen molar-refractivity contribution < 1.29 is 24.2 Å². The van der Waals surface area contributed by atoms with Gasteiger partial charge in [-0.25, -0.2) is 9.59 Å². The molecular weight excluding hydrogens is 272 g/mol. The number of aliphatic carboxylic acids is 1. The third kappa shape index (κ3) is 4.98. The first-order valence-corrected chi connectivity index (χ1v) is 7.04. The van der Waals surface area contributed by atoms with Crippen molar-refractivity contribution in [2.24, 2.45) is 0 Å². The van der Waals surface area contributed by atoms with E-state index in [1.165, 1.54) is 0 Å². The minimum atomic E-state index is -1.28. The van der Waals surface area contributed by atoms with E-state index in [0.29, 0.717) is 6.54 Å². The summed E-state index contributed by atoms with van der Waals surface area (Å²) in [7, 11) is 1.16. The van der Waals surface area contributed by atoms with Gasteiger partial charge in [0.1, 0.15) is 6.04 Å². The highest BCUT2D eigenvalue weighted by Crippen LogP contribution is 2.46. The first-order valence-electron chi connectivity index (χ1n) is 5.81. The van der Waals surface area contributed by atoms with Crippen molar-refractivity contribution in [2.75, 3.05) is 19.9 Å². The maximum absolute atomic E-state index is 11.6. The molecule has 2 amide bonds. The summed E-state index contributed by atoms with van der Waals surface area (Å²) in [6.45, 7) is 0.491. The van der Waals surface area contributed by atoms with Crippen LogP contribution < -0.4 is 10.6 Å². The Kier molecular flexibility index (Phi) is 5.46. The zero-order chi connectivity index (χ0) is 14.5. The van der Waals surface area contributed by atoms with Gasteiger partial charge in [-0.2, -0.15) is 11.8 Å². The molecule has 0 spiro atoms. The summed E-state index contributed by atoms with van der Waals surface area (Å²) in [6, 6.07) is -1.87. The highest BCUT2D eigenvalue weighted by atomic mass is 32.2. The average molecular weight is 290 g/mol. The second kappa shape index (κ2) is 6.65. The van der Waals surface area contributed by atoms with Crippen molar-refractivity contribution in [2.45, 2.75) is 30.1 Å². The maximum atomic E-state index is 11.6. The molecule has 0 bridgehead atoms. The number of hydrogen-bond donors (Lipinski definition) is 3. The first kappa shape index (κ1) is 15.6. The van der Waals surface area contributed by atoms with Crippen molar-refractivity contribution in [1.82, 2.24) is 10.6 Å². The summed E-state index contributed by atoms with van der Waals surface area (Å²) in [6.07, 6.45) is 3.66. The Morgan fingerprint density at radius 3 is 2.47 bits per heavy atom. The number of methoxy groups -OCH3 is 1. The summed E-state index contributed by atoms with van der Waals surface area (Å²) in [5.74, 6) is -1.96. The number of hydrogen-bond acceptors (Lipinski definition) is 5. The van der Waals surface area contributed by atoms with Crippen LogP contribution in [-0.4, -0.2) is 53.8 Å². The van der Waals surface area contributed by atoms with Crippen LogP contribution in [0, 0.1) is 0 Å².